The highest BCUT2D eigenvalue weighted by molar-refractivity contribution is 6.17. The fourth-order valence-corrected chi connectivity index (χ4v) is 3.18. The summed E-state index contributed by atoms with van der Waals surface area (Å²) in [6, 6.07) is 1.73. The zero-order valence-corrected chi connectivity index (χ0v) is 15.4. The lowest BCUT2D eigenvalue weighted by molar-refractivity contribution is -0.134. The van der Waals surface area contributed by atoms with E-state index in [-0.39, 0.29) is 30.5 Å². The molecule has 0 radical (unpaired) electrons. The monoisotopic (exact) mass is 372 g/mol. The Morgan fingerprint density at radius 3 is 2.63 bits per heavy atom. The van der Waals surface area contributed by atoms with Crippen LogP contribution in [0.2, 0.25) is 0 Å². The molecule has 1 aromatic heterocycles. The molecular weight excluding hydrogens is 348 g/mol. The number of likely N-dealkylation sites (N-methyl/N-ethyl adjacent to an activating group) is 1. The van der Waals surface area contributed by atoms with E-state index in [1.165, 1.54) is 6.20 Å². The largest absolute Gasteiger partial charge is 0.366 e. The Kier molecular flexibility index (Phi) is 5.52. The van der Waals surface area contributed by atoms with Crippen molar-refractivity contribution in [3.63, 3.8) is 0 Å². The quantitative estimate of drug-likeness (QED) is 0.663. The molecule has 3 amide bonds. The van der Waals surface area contributed by atoms with Gasteiger partial charge in [0.1, 0.15) is 5.82 Å². The topological polar surface area (TPSA) is 112 Å². The smallest absolute Gasteiger partial charge is 0.248 e. The summed E-state index contributed by atoms with van der Waals surface area (Å²) >= 11 is 0. The Morgan fingerprint density at radius 2 is 1.96 bits per heavy atom. The van der Waals surface area contributed by atoms with Gasteiger partial charge >= 0.3 is 0 Å². The van der Waals surface area contributed by atoms with E-state index < -0.39 is 5.91 Å². The first-order valence-corrected chi connectivity index (χ1v) is 8.80. The molecule has 27 heavy (non-hydrogen) atoms. The SMILES string of the molecule is C=C(C(N)=O)c1cnc2c(c1)CN(CC(=O)N1CCN(C)CC1)CC(=O)N2. The molecule has 1 fully saturated rings. The van der Waals surface area contributed by atoms with Gasteiger partial charge in [0.05, 0.1) is 13.1 Å². The van der Waals surface area contributed by atoms with Crippen LogP contribution in [0.5, 0.6) is 0 Å². The van der Waals surface area contributed by atoms with E-state index in [9.17, 15) is 14.4 Å². The second-order valence-corrected chi connectivity index (χ2v) is 6.95. The Bertz CT molecular complexity index is 785. The number of hydrogen-bond donors (Lipinski definition) is 2. The number of anilines is 1. The number of rotatable bonds is 4. The van der Waals surface area contributed by atoms with E-state index in [0.29, 0.717) is 36.6 Å². The molecule has 9 nitrogen and oxygen atoms in total. The van der Waals surface area contributed by atoms with Crippen LogP contribution in [0.25, 0.3) is 5.57 Å². The number of nitrogens with one attached hydrogen (secondary N) is 1. The highest BCUT2D eigenvalue weighted by Gasteiger charge is 2.26. The van der Waals surface area contributed by atoms with Crippen molar-refractivity contribution in [2.24, 2.45) is 5.73 Å². The first-order valence-electron chi connectivity index (χ1n) is 8.80. The number of primary amides is 1. The molecule has 1 saturated heterocycles. The van der Waals surface area contributed by atoms with E-state index >= 15 is 0 Å². The number of amides is 3. The first-order chi connectivity index (χ1) is 12.8. The van der Waals surface area contributed by atoms with Crippen LogP contribution in [0.4, 0.5) is 5.82 Å². The summed E-state index contributed by atoms with van der Waals surface area (Å²) in [7, 11) is 2.03. The van der Waals surface area contributed by atoms with Crippen LogP contribution in [0.3, 0.4) is 0 Å². The third kappa shape index (κ3) is 4.50. The highest BCUT2D eigenvalue weighted by Crippen LogP contribution is 2.22. The number of carbonyl (C=O) groups excluding carboxylic acids is 3. The predicted octanol–water partition coefficient (Wildman–Crippen LogP) is -0.892. The lowest BCUT2D eigenvalue weighted by atomic mass is 10.1. The van der Waals surface area contributed by atoms with Crippen molar-refractivity contribution in [1.29, 1.82) is 0 Å². The zero-order chi connectivity index (χ0) is 19.6. The Hall–Kier alpha value is -2.78. The van der Waals surface area contributed by atoms with Crippen LogP contribution in [-0.4, -0.2) is 83.7 Å². The molecule has 0 aliphatic carbocycles. The van der Waals surface area contributed by atoms with Gasteiger partial charge in [-0.05, 0) is 13.1 Å². The van der Waals surface area contributed by atoms with E-state index in [2.05, 4.69) is 21.8 Å². The number of aromatic nitrogens is 1. The minimum atomic E-state index is -0.628. The van der Waals surface area contributed by atoms with Gasteiger partial charge < -0.3 is 20.9 Å². The Morgan fingerprint density at radius 1 is 1.26 bits per heavy atom. The van der Waals surface area contributed by atoms with Crippen molar-refractivity contribution in [3.05, 3.63) is 30.0 Å². The van der Waals surface area contributed by atoms with Crippen molar-refractivity contribution in [2.45, 2.75) is 6.54 Å². The number of pyridine rings is 1. The molecule has 3 N–H and O–H groups in total. The van der Waals surface area contributed by atoms with E-state index in [0.717, 1.165) is 13.1 Å². The minimum Gasteiger partial charge on any atom is -0.366 e. The Balaban J connectivity index is 1.74. The lowest BCUT2D eigenvalue weighted by Crippen LogP contribution is -2.50. The minimum absolute atomic E-state index is 0.00464. The normalized spacial score (nSPS) is 18.4. The second-order valence-electron chi connectivity index (χ2n) is 6.95. The fraction of sp³-hybridized carbons (Fsp3) is 0.444. The summed E-state index contributed by atoms with van der Waals surface area (Å²) in [5.74, 6) is -0.425. The molecule has 3 rings (SSSR count). The van der Waals surface area contributed by atoms with E-state index in [4.69, 9.17) is 5.73 Å². The number of fused-ring (bicyclic) bond motifs is 1. The van der Waals surface area contributed by atoms with Gasteiger partial charge in [0.2, 0.25) is 17.7 Å². The van der Waals surface area contributed by atoms with Gasteiger partial charge in [-0.15, -0.1) is 0 Å². The molecule has 144 valence electrons. The summed E-state index contributed by atoms with van der Waals surface area (Å²) in [6.07, 6.45) is 1.46. The third-order valence-corrected chi connectivity index (χ3v) is 4.85. The summed E-state index contributed by atoms with van der Waals surface area (Å²) in [5, 5.41) is 2.74. The van der Waals surface area contributed by atoms with Gasteiger partial charge in [-0.2, -0.15) is 0 Å². The zero-order valence-electron chi connectivity index (χ0n) is 15.4. The molecular formula is C18H24N6O3. The maximum atomic E-state index is 12.6. The van der Waals surface area contributed by atoms with Crippen molar-refractivity contribution in [1.82, 2.24) is 19.7 Å². The number of piperazine rings is 1. The summed E-state index contributed by atoms with van der Waals surface area (Å²) < 4.78 is 0. The average Bonchev–Trinajstić information content (AvgIpc) is 2.78. The summed E-state index contributed by atoms with van der Waals surface area (Å²) in [5.41, 5.74) is 6.65. The molecule has 0 atom stereocenters. The molecule has 0 saturated carbocycles. The summed E-state index contributed by atoms with van der Waals surface area (Å²) in [6.45, 7) is 7.35. The van der Waals surface area contributed by atoms with Crippen molar-refractivity contribution < 1.29 is 14.4 Å². The lowest BCUT2D eigenvalue weighted by Gasteiger charge is -2.33. The molecule has 2 aliphatic heterocycles. The predicted molar refractivity (Wildman–Crippen MR) is 100 cm³/mol. The second kappa shape index (κ2) is 7.85. The Labute approximate surface area is 157 Å². The fourth-order valence-electron chi connectivity index (χ4n) is 3.18. The van der Waals surface area contributed by atoms with Crippen molar-refractivity contribution in [3.8, 4) is 0 Å². The van der Waals surface area contributed by atoms with Crippen LogP contribution < -0.4 is 11.1 Å². The van der Waals surface area contributed by atoms with Crippen LogP contribution >= 0.6 is 0 Å². The van der Waals surface area contributed by atoms with Crippen molar-refractivity contribution in [2.75, 3.05) is 51.6 Å². The van der Waals surface area contributed by atoms with Gasteiger partial charge in [0.25, 0.3) is 0 Å². The maximum absolute atomic E-state index is 12.6. The molecule has 9 heteroatoms. The number of hydrogen-bond acceptors (Lipinski definition) is 6. The third-order valence-electron chi connectivity index (χ3n) is 4.85. The first kappa shape index (κ1) is 19.0. The van der Waals surface area contributed by atoms with Crippen LogP contribution in [-0.2, 0) is 20.9 Å². The standard InChI is InChI=1S/C18H24N6O3/c1-12(17(19)27)13-7-14-9-23(10-15(25)21-18(14)20-8-13)11-16(26)24-5-3-22(2)4-6-24/h7-8H,1,3-6,9-11H2,2H3,(H2,19,27)(H,20,21,25). The van der Waals surface area contributed by atoms with E-state index in [1.807, 2.05) is 11.9 Å². The molecule has 3 heterocycles. The van der Waals surface area contributed by atoms with Gasteiger partial charge in [-0.25, -0.2) is 4.98 Å². The number of carbonyl (C=O) groups is 3. The van der Waals surface area contributed by atoms with E-state index in [1.54, 1.807) is 11.0 Å². The molecule has 0 aromatic carbocycles. The van der Waals surface area contributed by atoms with Gasteiger partial charge in [-0.3, -0.25) is 19.3 Å². The number of nitrogens with zero attached hydrogens (tertiary/aromatic N) is 4. The van der Waals surface area contributed by atoms with Crippen LogP contribution in [0.1, 0.15) is 11.1 Å². The van der Waals surface area contributed by atoms with Crippen LogP contribution in [0, 0.1) is 0 Å². The number of nitrogens with two attached hydrogens (primary N) is 1. The molecule has 1 aromatic rings. The average molecular weight is 372 g/mol. The highest BCUT2D eigenvalue weighted by atomic mass is 16.2. The molecule has 2 aliphatic rings. The molecule has 0 bridgehead atoms. The molecule has 0 unspecified atom stereocenters. The van der Waals surface area contributed by atoms with Gasteiger partial charge in [-0.1, -0.05) is 6.58 Å². The summed E-state index contributed by atoms with van der Waals surface area (Å²) in [4.78, 5) is 46.1. The maximum Gasteiger partial charge on any atom is 0.248 e. The van der Waals surface area contributed by atoms with Crippen molar-refractivity contribution >= 4 is 29.1 Å². The van der Waals surface area contributed by atoms with Gasteiger partial charge in [0, 0.05) is 55.6 Å². The van der Waals surface area contributed by atoms with Gasteiger partial charge in [0.15, 0.2) is 0 Å². The van der Waals surface area contributed by atoms with Crippen LogP contribution in [0.15, 0.2) is 18.8 Å². The molecule has 0 spiro atoms.